The van der Waals surface area contributed by atoms with E-state index in [4.69, 9.17) is 14.7 Å². The normalized spacial score (nSPS) is 13.5. The molecule has 2 aromatic carbocycles. The summed E-state index contributed by atoms with van der Waals surface area (Å²) < 4.78 is 10.7. The van der Waals surface area contributed by atoms with Crippen LogP contribution in [0.3, 0.4) is 0 Å². The van der Waals surface area contributed by atoms with Gasteiger partial charge in [0.1, 0.15) is 0 Å². The molecule has 1 aliphatic rings. The zero-order valence-corrected chi connectivity index (χ0v) is 12.5. The Balaban J connectivity index is 1.56. The summed E-state index contributed by atoms with van der Waals surface area (Å²) in [5.74, 6) is 1.66. The Bertz CT molecular complexity index is 706. The maximum absolute atomic E-state index is 8.93. The van der Waals surface area contributed by atoms with E-state index in [0.717, 1.165) is 30.0 Å². The van der Waals surface area contributed by atoms with Crippen LogP contribution in [0.2, 0.25) is 0 Å². The van der Waals surface area contributed by atoms with E-state index in [1.54, 1.807) is 0 Å². The topological polar surface area (TPSA) is 54.3 Å². The van der Waals surface area contributed by atoms with Crippen LogP contribution in [0.25, 0.3) is 0 Å². The highest BCUT2D eigenvalue weighted by Crippen LogP contribution is 2.32. The number of ether oxygens (including phenoxy) is 2. The first-order valence-electron chi connectivity index (χ1n) is 7.40. The van der Waals surface area contributed by atoms with E-state index in [1.165, 1.54) is 5.56 Å². The molecule has 0 fully saturated rings. The van der Waals surface area contributed by atoms with Crippen LogP contribution in [0.5, 0.6) is 11.5 Å². The molecule has 1 atom stereocenters. The minimum Gasteiger partial charge on any atom is -0.454 e. The third-order valence-electron chi connectivity index (χ3n) is 3.71. The van der Waals surface area contributed by atoms with Crippen molar-refractivity contribution in [1.29, 1.82) is 5.26 Å². The molecule has 1 unspecified atom stereocenters. The highest BCUT2D eigenvalue weighted by atomic mass is 16.7. The second-order valence-corrected chi connectivity index (χ2v) is 5.46. The molecule has 2 aromatic rings. The zero-order valence-electron chi connectivity index (χ0n) is 12.5. The van der Waals surface area contributed by atoms with Crippen LogP contribution in [0, 0.1) is 11.3 Å². The van der Waals surface area contributed by atoms with Crippen LogP contribution in [0.15, 0.2) is 42.5 Å². The van der Waals surface area contributed by atoms with Crippen LogP contribution < -0.4 is 14.8 Å². The van der Waals surface area contributed by atoms with Crippen LogP contribution >= 0.6 is 0 Å². The van der Waals surface area contributed by atoms with Crippen molar-refractivity contribution in [3.05, 3.63) is 53.6 Å². The Labute approximate surface area is 130 Å². The highest BCUT2D eigenvalue weighted by Gasteiger charge is 2.13. The van der Waals surface area contributed by atoms with E-state index in [9.17, 15) is 0 Å². The van der Waals surface area contributed by atoms with Gasteiger partial charge in [0.2, 0.25) is 6.79 Å². The SMILES string of the molecule is CC(CCc1ccc2c(c1)OCO2)Nc1cccc(C#N)c1. The molecule has 0 aromatic heterocycles. The van der Waals surface area contributed by atoms with Crippen molar-refractivity contribution < 1.29 is 9.47 Å². The fourth-order valence-electron chi connectivity index (χ4n) is 2.51. The monoisotopic (exact) mass is 294 g/mol. The molecule has 0 saturated carbocycles. The van der Waals surface area contributed by atoms with Crippen LogP contribution in [-0.4, -0.2) is 12.8 Å². The molecule has 0 bridgehead atoms. The van der Waals surface area contributed by atoms with Crippen molar-refractivity contribution >= 4 is 5.69 Å². The van der Waals surface area contributed by atoms with Gasteiger partial charge in [-0.15, -0.1) is 0 Å². The van der Waals surface area contributed by atoms with Gasteiger partial charge in [0.25, 0.3) is 0 Å². The average molecular weight is 294 g/mol. The van der Waals surface area contributed by atoms with Crippen molar-refractivity contribution in [2.24, 2.45) is 0 Å². The fraction of sp³-hybridized carbons (Fsp3) is 0.278. The minimum absolute atomic E-state index is 0.311. The maximum Gasteiger partial charge on any atom is 0.231 e. The Hall–Kier alpha value is -2.67. The average Bonchev–Trinajstić information content (AvgIpc) is 3.00. The molecule has 0 aliphatic carbocycles. The number of rotatable bonds is 5. The second kappa shape index (κ2) is 6.40. The smallest absolute Gasteiger partial charge is 0.231 e. The number of benzene rings is 2. The Morgan fingerprint density at radius 3 is 2.91 bits per heavy atom. The number of hydrogen-bond donors (Lipinski definition) is 1. The number of fused-ring (bicyclic) bond motifs is 1. The van der Waals surface area contributed by atoms with Crippen molar-refractivity contribution in [1.82, 2.24) is 0 Å². The molecule has 0 amide bonds. The number of aryl methyl sites for hydroxylation is 1. The van der Waals surface area contributed by atoms with Gasteiger partial charge in [-0.3, -0.25) is 0 Å². The number of anilines is 1. The fourth-order valence-corrected chi connectivity index (χ4v) is 2.51. The molecule has 1 aliphatic heterocycles. The lowest BCUT2D eigenvalue weighted by molar-refractivity contribution is 0.174. The highest BCUT2D eigenvalue weighted by molar-refractivity contribution is 5.49. The van der Waals surface area contributed by atoms with E-state index in [2.05, 4.69) is 24.4 Å². The molecular weight excluding hydrogens is 276 g/mol. The summed E-state index contributed by atoms with van der Waals surface area (Å²) in [7, 11) is 0. The van der Waals surface area contributed by atoms with Crippen molar-refractivity contribution in [3.8, 4) is 17.6 Å². The summed E-state index contributed by atoms with van der Waals surface area (Å²) in [6.45, 7) is 2.46. The number of nitrogens with zero attached hydrogens (tertiary/aromatic N) is 1. The zero-order chi connectivity index (χ0) is 15.4. The van der Waals surface area contributed by atoms with E-state index < -0.39 is 0 Å². The molecule has 3 rings (SSSR count). The van der Waals surface area contributed by atoms with Crippen LogP contribution in [0.4, 0.5) is 5.69 Å². The summed E-state index contributed by atoms with van der Waals surface area (Å²) >= 11 is 0. The molecule has 1 heterocycles. The molecule has 4 nitrogen and oxygen atoms in total. The molecular formula is C18H18N2O2. The molecule has 112 valence electrons. The largest absolute Gasteiger partial charge is 0.454 e. The first-order valence-corrected chi connectivity index (χ1v) is 7.40. The Morgan fingerprint density at radius 1 is 1.18 bits per heavy atom. The molecule has 1 N–H and O–H groups in total. The van der Waals surface area contributed by atoms with Gasteiger partial charge in [-0.1, -0.05) is 12.1 Å². The first-order chi connectivity index (χ1) is 10.7. The number of nitrogens with one attached hydrogen (secondary N) is 1. The molecule has 0 saturated heterocycles. The van der Waals surface area contributed by atoms with Gasteiger partial charge in [-0.2, -0.15) is 5.26 Å². The lowest BCUT2D eigenvalue weighted by Gasteiger charge is -2.15. The number of hydrogen-bond acceptors (Lipinski definition) is 4. The van der Waals surface area contributed by atoms with E-state index in [0.29, 0.717) is 18.4 Å². The standard InChI is InChI=1S/C18H18N2O2/c1-13(20-16-4-2-3-15(9-16)11-19)5-6-14-7-8-17-18(10-14)22-12-21-17/h2-4,7-10,13,20H,5-6,12H2,1H3. The quantitative estimate of drug-likeness (QED) is 0.913. The molecule has 22 heavy (non-hydrogen) atoms. The van der Waals surface area contributed by atoms with E-state index in [-0.39, 0.29) is 0 Å². The van der Waals surface area contributed by atoms with Crippen molar-refractivity contribution in [2.45, 2.75) is 25.8 Å². The Morgan fingerprint density at radius 2 is 2.05 bits per heavy atom. The van der Waals surface area contributed by atoms with Gasteiger partial charge in [-0.25, -0.2) is 0 Å². The second-order valence-electron chi connectivity index (χ2n) is 5.46. The Kier molecular flexibility index (Phi) is 4.15. The third kappa shape index (κ3) is 3.32. The lowest BCUT2D eigenvalue weighted by Crippen LogP contribution is -2.16. The van der Waals surface area contributed by atoms with Gasteiger partial charge in [0.15, 0.2) is 11.5 Å². The minimum atomic E-state index is 0.311. The third-order valence-corrected chi connectivity index (χ3v) is 3.71. The lowest BCUT2D eigenvalue weighted by atomic mass is 10.1. The van der Waals surface area contributed by atoms with Crippen LogP contribution in [-0.2, 0) is 6.42 Å². The van der Waals surface area contributed by atoms with Crippen LogP contribution in [0.1, 0.15) is 24.5 Å². The van der Waals surface area contributed by atoms with Gasteiger partial charge >= 0.3 is 0 Å². The number of nitriles is 1. The summed E-state index contributed by atoms with van der Waals surface area (Å²) in [6.07, 6.45) is 1.96. The summed E-state index contributed by atoms with van der Waals surface area (Å²) in [5.41, 5.74) is 2.90. The van der Waals surface area contributed by atoms with E-state index >= 15 is 0 Å². The summed E-state index contributed by atoms with van der Waals surface area (Å²) in [4.78, 5) is 0. The molecule has 0 spiro atoms. The van der Waals surface area contributed by atoms with Gasteiger partial charge in [0.05, 0.1) is 11.6 Å². The predicted molar refractivity (Wildman–Crippen MR) is 85.1 cm³/mol. The van der Waals surface area contributed by atoms with Gasteiger partial charge in [-0.05, 0) is 55.7 Å². The van der Waals surface area contributed by atoms with Crippen molar-refractivity contribution in [3.63, 3.8) is 0 Å². The van der Waals surface area contributed by atoms with E-state index in [1.807, 2.05) is 36.4 Å². The molecule has 4 heteroatoms. The first kappa shape index (κ1) is 14.3. The van der Waals surface area contributed by atoms with Gasteiger partial charge in [0, 0.05) is 11.7 Å². The maximum atomic E-state index is 8.93. The summed E-state index contributed by atoms with van der Waals surface area (Å²) in [5, 5.41) is 12.4. The summed E-state index contributed by atoms with van der Waals surface area (Å²) in [6, 6.07) is 16.1. The van der Waals surface area contributed by atoms with Crippen molar-refractivity contribution in [2.75, 3.05) is 12.1 Å². The molecule has 0 radical (unpaired) electrons. The predicted octanol–water partition coefficient (Wildman–Crippen LogP) is 3.72. The van der Waals surface area contributed by atoms with Gasteiger partial charge < -0.3 is 14.8 Å².